The summed E-state index contributed by atoms with van der Waals surface area (Å²) in [5.74, 6) is 1.06. The quantitative estimate of drug-likeness (QED) is 0.866. The lowest BCUT2D eigenvalue weighted by Gasteiger charge is -2.16. The van der Waals surface area contributed by atoms with Gasteiger partial charge in [-0.2, -0.15) is 5.10 Å². The topological polar surface area (TPSA) is 47.7 Å². The van der Waals surface area contributed by atoms with Gasteiger partial charge in [-0.1, -0.05) is 6.92 Å². The summed E-state index contributed by atoms with van der Waals surface area (Å²) in [5, 5.41) is 8.09. The first-order valence-electron chi connectivity index (χ1n) is 6.86. The first-order chi connectivity index (χ1) is 9.11. The molecular weight excluding hydrogens is 238 g/mol. The van der Waals surface area contributed by atoms with Crippen LogP contribution in [-0.4, -0.2) is 25.9 Å². The molecule has 2 heterocycles. The van der Waals surface area contributed by atoms with E-state index in [4.69, 9.17) is 0 Å². The van der Waals surface area contributed by atoms with Crippen LogP contribution >= 0.6 is 0 Å². The zero-order valence-corrected chi connectivity index (χ0v) is 12.2. The Morgan fingerprint density at radius 2 is 2.11 bits per heavy atom. The Hall–Kier alpha value is -1.62. The van der Waals surface area contributed by atoms with E-state index in [1.807, 2.05) is 30.3 Å². The van der Waals surface area contributed by atoms with Crippen LogP contribution in [0, 0.1) is 0 Å². The van der Waals surface area contributed by atoms with Gasteiger partial charge in [0.15, 0.2) is 0 Å². The molecule has 0 saturated heterocycles. The van der Waals surface area contributed by atoms with E-state index in [1.165, 1.54) is 0 Å². The number of likely N-dealkylation sites (N-methyl/N-ethyl adjacent to an activating group) is 1. The number of aryl methyl sites for hydroxylation is 1. The van der Waals surface area contributed by atoms with Crippen molar-refractivity contribution in [2.75, 3.05) is 6.54 Å². The molecule has 2 aromatic heterocycles. The first-order valence-corrected chi connectivity index (χ1v) is 6.86. The maximum atomic E-state index is 4.61. The van der Waals surface area contributed by atoms with Gasteiger partial charge >= 0.3 is 0 Å². The smallest absolute Gasteiger partial charge is 0.125 e. The summed E-state index contributed by atoms with van der Waals surface area (Å²) < 4.78 is 4.06. The second-order valence-corrected chi connectivity index (χ2v) is 5.09. The molecule has 0 fully saturated rings. The Labute approximate surface area is 114 Å². The fourth-order valence-electron chi connectivity index (χ4n) is 2.20. The van der Waals surface area contributed by atoms with Crippen LogP contribution in [0.2, 0.25) is 0 Å². The molecule has 5 nitrogen and oxygen atoms in total. The van der Waals surface area contributed by atoms with Crippen LogP contribution in [0.5, 0.6) is 0 Å². The molecule has 104 valence electrons. The second kappa shape index (κ2) is 6.02. The highest BCUT2D eigenvalue weighted by molar-refractivity contribution is 5.08. The van der Waals surface area contributed by atoms with Gasteiger partial charge in [0.25, 0.3) is 0 Å². The molecule has 0 aliphatic carbocycles. The summed E-state index contributed by atoms with van der Waals surface area (Å²) >= 11 is 0. The lowest BCUT2D eigenvalue weighted by molar-refractivity contribution is 0.486. The Kier molecular flexibility index (Phi) is 4.37. The minimum absolute atomic E-state index is 0.209. The van der Waals surface area contributed by atoms with Crippen molar-refractivity contribution in [3.63, 3.8) is 0 Å². The third-order valence-electron chi connectivity index (χ3n) is 3.23. The average molecular weight is 261 g/mol. The summed E-state index contributed by atoms with van der Waals surface area (Å²) in [4.78, 5) is 4.44. The Bertz CT molecular complexity index is 511. The van der Waals surface area contributed by atoms with Crippen molar-refractivity contribution in [1.29, 1.82) is 0 Å². The van der Waals surface area contributed by atoms with Crippen LogP contribution in [-0.2, 0) is 13.5 Å². The Morgan fingerprint density at radius 1 is 1.32 bits per heavy atom. The summed E-state index contributed by atoms with van der Waals surface area (Å²) in [6.07, 6.45) is 6.72. The molecule has 19 heavy (non-hydrogen) atoms. The summed E-state index contributed by atoms with van der Waals surface area (Å²) in [7, 11) is 2.03. The van der Waals surface area contributed by atoms with E-state index in [9.17, 15) is 0 Å². The van der Waals surface area contributed by atoms with Crippen LogP contribution in [0.1, 0.15) is 44.4 Å². The van der Waals surface area contributed by atoms with Crippen LogP contribution in [0.3, 0.4) is 0 Å². The molecule has 2 rings (SSSR count). The number of aromatic nitrogens is 4. The molecule has 0 amide bonds. The molecule has 5 heteroatoms. The van der Waals surface area contributed by atoms with Gasteiger partial charge in [-0.25, -0.2) is 4.98 Å². The molecule has 0 aliphatic rings. The van der Waals surface area contributed by atoms with Crippen molar-refractivity contribution >= 4 is 0 Å². The number of hydrogen-bond donors (Lipinski definition) is 1. The number of nitrogens with zero attached hydrogens (tertiary/aromatic N) is 4. The van der Waals surface area contributed by atoms with E-state index < -0.39 is 0 Å². The summed E-state index contributed by atoms with van der Waals surface area (Å²) in [5.41, 5.74) is 1.10. The van der Waals surface area contributed by atoms with Crippen molar-refractivity contribution in [2.24, 2.45) is 7.05 Å². The highest BCUT2D eigenvalue weighted by Crippen LogP contribution is 2.16. The fraction of sp³-hybridized carbons (Fsp3) is 0.571. The van der Waals surface area contributed by atoms with E-state index in [-0.39, 0.29) is 6.04 Å². The maximum absolute atomic E-state index is 4.61. The van der Waals surface area contributed by atoms with Crippen LogP contribution in [0.15, 0.2) is 24.7 Å². The van der Waals surface area contributed by atoms with Gasteiger partial charge in [0.05, 0.1) is 11.7 Å². The Balaban J connectivity index is 2.14. The van der Waals surface area contributed by atoms with Crippen LogP contribution in [0.4, 0.5) is 0 Å². The van der Waals surface area contributed by atoms with Crippen molar-refractivity contribution < 1.29 is 0 Å². The largest absolute Gasteiger partial charge is 0.337 e. The van der Waals surface area contributed by atoms with Gasteiger partial charge < -0.3 is 9.88 Å². The van der Waals surface area contributed by atoms with E-state index in [0.29, 0.717) is 6.04 Å². The van der Waals surface area contributed by atoms with Gasteiger partial charge in [-0.15, -0.1) is 0 Å². The summed E-state index contributed by atoms with van der Waals surface area (Å²) in [6.45, 7) is 7.31. The molecule has 0 bridgehead atoms. The van der Waals surface area contributed by atoms with Gasteiger partial charge in [-0.05, 0) is 26.5 Å². The zero-order valence-electron chi connectivity index (χ0n) is 12.2. The molecule has 0 aromatic carbocycles. The molecular formula is C14H23N5. The molecule has 0 radical (unpaired) electrons. The van der Waals surface area contributed by atoms with E-state index >= 15 is 0 Å². The lowest BCUT2D eigenvalue weighted by Crippen LogP contribution is -2.26. The zero-order chi connectivity index (χ0) is 13.8. The predicted molar refractivity (Wildman–Crippen MR) is 75.9 cm³/mol. The van der Waals surface area contributed by atoms with Crippen molar-refractivity contribution in [2.45, 2.75) is 39.3 Å². The average Bonchev–Trinajstić information content (AvgIpc) is 2.97. The van der Waals surface area contributed by atoms with Crippen LogP contribution < -0.4 is 5.32 Å². The van der Waals surface area contributed by atoms with Gasteiger partial charge in [0.1, 0.15) is 5.82 Å². The molecule has 1 atom stereocenters. The van der Waals surface area contributed by atoms with E-state index in [1.54, 1.807) is 0 Å². The number of hydrogen-bond acceptors (Lipinski definition) is 3. The van der Waals surface area contributed by atoms with E-state index in [0.717, 1.165) is 24.5 Å². The highest BCUT2D eigenvalue weighted by Gasteiger charge is 2.17. The van der Waals surface area contributed by atoms with Gasteiger partial charge in [0.2, 0.25) is 0 Å². The summed E-state index contributed by atoms with van der Waals surface area (Å²) in [6, 6.07) is 2.70. The highest BCUT2D eigenvalue weighted by atomic mass is 15.3. The predicted octanol–water partition coefficient (Wildman–Crippen LogP) is 2.09. The molecule has 1 N–H and O–H groups in total. The SMILES string of the molecule is CCNC(Cc1ccn(C(C)C)n1)c1nccn1C. The third kappa shape index (κ3) is 3.23. The monoisotopic (exact) mass is 261 g/mol. The number of imidazole rings is 1. The molecule has 0 spiro atoms. The minimum Gasteiger partial charge on any atom is -0.337 e. The first kappa shape index (κ1) is 13.8. The normalized spacial score (nSPS) is 13.1. The standard InChI is InChI=1S/C14H23N5/c1-5-15-13(14-16-7-9-18(14)4)10-12-6-8-19(17-12)11(2)3/h6-9,11,13,15H,5,10H2,1-4H3. The van der Waals surface area contributed by atoms with Crippen LogP contribution in [0.25, 0.3) is 0 Å². The van der Waals surface area contributed by atoms with Crippen molar-refractivity contribution in [3.8, 4) is 0 Å². The number of rotatable bonds is 6. The molecule has 1 unspecified atom stereocenters. The second-order valence-electron chi connectivity index (χ2n) is 5.09. The molecule has 2 aromatic rings. The minimum atomic E-state index is 0.209. The third-order valence-corrected chi connectivity index (χ3v) is 3.23. The number of nitrogens with one attached hydrogen (secondary N) is 1. The fourth-order valence-corrected chi connectivity index (χ4v) is 2.20. The molecule has 0 saturated carbocycles. The van der Waals surface area contributed by atoms with E-state index in [2.05, 4.69) is 46.8 Å². The molecule has 0 aliphatic heterocycles. The van der Waals surface area contributed by atoms with Crippen molar-refractivity contribution in [1.82, 2.24) is 24.6 Å². The van der Waals surface area contributed by atoms with Crippen molar-refractivity contribution in [3.05, 3.63) is 36.2 Å². The lowest BCUT2D eigenvalue weighted by atomic mass is 10.1. The van der Waals surface area contributed by atoms with Gasteiger partial charge in [-0.3, -0.25) is 4.68 Å². The maximum Gasteiger partial charge on any atom is 0.125 e. The van der Waals surface area contributed by atoms with Gasteiger partial charge in [0, 0.05) is 38.1 Å². The Morgan fingerprint density at radius 3 is 2.63 bits per heavy atom.